The van der Waals surface area contributed by atoms with Crippen molar-refractivity contribution < 1.29 is 0 Å². The van der Waals surface area contributed by atoms with E-state index in [-0.39, 0.29) is 5.56 Å². The van der Waals surface area contributed by atoms with Gasteiger partial charge < -0.3 is 4.98 Å². The highest BCUT2D eigenvalue weighted by Gasteiger charge is 2.08. The third-order valence-corrected chi connectivity index (χ3v) is 2.36. The number of aromatic amines is 1. The summed E-state index contributed by atoms with van der Waals surface area (Å²) in [5.41, 5.74) is 2.40. The Hall–Kier alpha value is -1.91. The molecule has 2 aromatic rings. The Morgan fingerprint density at radius 1 is 1.40 bits per heavy atom. The molecular weight excluding hydrogens is 192 g/mol. The van der Waals surface area contributed by atoms with Crippen LogP contribution >= 0.6 is 0 Å². The van der Waals surface area contributed by atoms with Crippen LogP contribution in [0.15, 0.2) is 17.1 Å². The summed E-state index contributed by atoms with van der Waals surface area (Å²) >= 11 is 0. The average Bonchev–Trinajstić information content (AvgIpc) is 2.46. The van der Waals surface area contributed by atoms with E-state index in [1.807, 2.05) is 14.0 Å². The maximum atomic E-state index is 11.3. The van der Waals surface area contributed by atoms with Crippen LogP contribution in [0.3, 0.4) is 0 Å². The summed E-state index contributed by atoms with van der Waals surface area (Å²) in [4.78, 5) is 18.2. The van der Waals surface area contributed by atoms with E-state index in [1.54, 1.807) is 17.8 Å². The lowest BCUT2D eigenvalue weighted by Crippen LogP contribution is -2.08. The first-order valence-electron chi connectivity index (χ1n) is 4.65. The Bertz CT molecular complexity index is 553. The van der Waals surface area contributed by atoms with Gasteiger partial charge in [0.05, 0.1) is 11.8 Å². The first-order valence-corrected chi connectivity index (χ1v) is 4.65. The zero-order valence-electron chi connectivity index (χ0n) is 8.90. The van der Waals surface area contributed by atoms with Crippen LogP contribution in [0.2, 0.25) is 0 Å². The molecule has 0 atom stereocenters. The van der Waals surface area contributed by atoms with Crippen LogP contribution in [-0.4, -0.2) is 19.7 Å². The van der Waals surface area contributed by atoms with Crippen molar-refractivity contribution in [3.63, 3.8) is 0 Å². The van der Waals surface area contributed by atoms with Gasteiger partial charge in [0, 0.05) is 24.5 Å². The zero-order valence-corrected chi connectivity index (χ0v) is 8.90. The summed E-state index contributed by atoms with van der Waals surface area (Å²) in [6, 6.07) is 1.47. The maximum absolute atomic E-state index is 11.3. The van der Waals surface area contributed by atoms with E-state index < -0.39 is 0 Å². The topological polar surface area (TPSA) is 63.6 Å². The lowest BCUT2D eigenvalue weighted by Gasteiger charge is -2.00. The lowest BCUT2D eigenvalue weighted by atomic mass is 10.2. The minimum Gasteiger partial charge on any atom is -0.306 e. The van der Waals surface area contributed by atoms with Gasteiger partial charge in [0.2, 0.25) is 0 Å². The SMILES string of the molecule is Cc1cc(=O)[nH]c(-c2cnn(C)c2C)n1. The molecule has 5 heteroatoms. The van der Waals surface area contributed by atoms with Gasteiger partial charge in [-0.05, 0) is 13.8 Å². The van der Waals surface area contributed by atoms with Crippen molar-refractivity contribution >= 4 is 0 Å². The molecule has 0 saturated carbocycles. The molecule has 1 N–H and O–H groups in total. The van der Waals surface area contributed by atoms with Gasteiger partial charge in [-0.25, -0.2) is 4.98 Å². The molecule has 0 unspecified atom stereocenters. The second-order valence-electron chi connectivity index (χ2n) is 3.50. The minimum atomic E-state index is -0.138. The van der Waals surface area contributed by atoms with Crippen molar-refractivity contribution in [1.29, 1.82) is 0 Å². The first kappa shape index (κ1) is 9.64. The quantitative estimate of drug-likeness (QED) is 0.746. The molecule has 0 amide bonds. The highest BCUT2D eigenvalue weighted by atomic mass is 16.1. The molecule has 0 saturated heterocycles. The van der Waals surface area contributed by atoms with Gasteiger partial charge in [0.1, 0.15) is 5.82 Å². The summed E-state index contributed by atoms with van der Waals surface area (Å²) in [5, 5.41) is 4.11. The van der Waals surface area contributed by atoms with E-state index in [1.165, 1.54) is 6.07 Å². The van der Waals surface area contributed by atoms with Crippen molar-refractivity contribution in [2.45, 2.75) is 13.8 Å². The molecule has 0 aliphatic rings. The molecule has 2 aromatic heterocycles. The Morgan fingerprint density at radius 3 is 2.67 bits per heavy atom. The molecule has 78 valence electrons. The second-order valence-corrected chi connectivity index (χ2v) is 3.50. The van der Waals surface area contributed by atoms with E-state index in [2.05, 4.69) is 15.1 Å². The molecule has 0 aliphatic heterocycles. The van der Waals surface area contributed by atoms with E-state index in [9.17, 15) is 4.79 Å². The number of hydrogen-bond donors (Lipinski definition) is 1. The molecule has 15 heavy (non-hydrogen) atoms. The van der Waals surface area contributed by atoms with Crippen LogP contribution in [0.25, 0.3) is 11.4 Å². The second kappa shape index (κ2) is 3.34. The highest BCUT2D eigenvalue weighted by Crippen LogP contribution is 2.17. The molecule has 2 heterocycles. The van der Waals surface area contributed by atoms with Crippen LogP contribution in [0.5, 0.6) is 0 Å². The highest BCUT2D eigenvalue weighted by molar-refractivity contribution is 5.56. The number of aryl methyl sites for hydroxylation is 2. The third-order valence-electron chi connectivity index (χ3n) is 2.36. The van der Waals surface area contributed by atoms with Gasteiger partial charge in [-0.15, -0.1) is 0 Å². The zero-order chi connectivity index (χ0) is 11.0. The standard InChI is InChI=1S/C10H12N4O/c1-6-4-9(15)13-10(12-6)8-5-11-14(3)7(8)2/h4-5H,1-3H3,(H,12,13,15). The first-order chi connectivity index (χ1) is 7.08. The Kier molecular flexibility index (Phi) is 2.15. The van der Waals surface area contributed by atoms with E-state index >= 15 is 0 Å². The number of hydrogen-bond acceptors (Lipinski definition) is 3. The lowest BCUT2D eigenvalue weighted by molar-refractivity contribution is 0.740. The van der Waals surface area contributed by atoms with Crippen LogP contribution in [0, 0.1) is 13.8 Å². The molecule has 0 aromatic carbocycles. The van der Waals surface area contributed by atoms with E-state index in [0.717, 1.165) is 11.3 Å². The van der Waals surface area contributed by atoms with Gasteiger partial charge in [0.15, 0.2) is 0 Å². The summed E-state index contributed by atoms with van der Waals surface area (Å²) in [5.74, 6) is 0.575. The van der Waals surface area contributed by atoms with Crippen molar-refractivity contribution in [3.8, 4) is 11.4 Å². The predicted molar refractivity (Wildman–Crippen MR) is 56.5 cm³/mol. The fourth-order valence-electron chi connectivity index (χ4n) is 1.44. The molecule has 0 bridgehead atoms. The normalized spacial score (nSPS) is 10.6. The predicted octanol–water partition coefficient (Wildman–Crippen LogP) is 0.787. The Labute approximate surface area is 86.8 Å². The number of nitrogens with one attached hydrogen (secondary N) is 1. The molecular formula is C10H12N4O. The van der Waals surface area contributed by atoms with Crippen LogP contribution in [0.1, 0.15) is 11.4 Å². The monoisotopic (exact) mass is 204 g/mol. The Morgan fingerprint density at radius 2 is 2.13 bits per heavy atom. The average molecular weight is 204 g/mol. The molecule has 0 fully saturated rings. The fraction of sp³-hybridized carbons (Fsp3) is 0.300. The van der Waals surface area contributed by atoms with Crippen molar-refractivity contribution in [1.82, 2.24) is 19.7 Å². The van der Waals surface area contributed by atoms with Crippen molar-refractivity contribution in [3.05, 3.63) is 34.0 Å². The van der Waals surface area contributed by atoms with Gasteiger partial charge >= 0.3 is 0 Å². The summed E-state index contributed by atoms with van der Waals surface area (Å²) in [6.07, 6.45) is 1.70. The Balaban J connectivity index is 2.64. The van der Waals surface area contributed by atoms with Gasteiger partial charge in [-0.1, -0.05) is 0 Å². The van der Waals surface area contributed by atoms with Crippen LogP contribution in [0.4, 0.5) is 0 Å². The smallest absolute Gasteiger partial charge is 0.251 e. The van der Waals surface area contributed by atoms with Crippen molar-refractivity contribution in [2.75, 3.05) is 0 Å². The largest absolute Gasteiger partial charge is 0.306 e. The van der Waals surface area contributed by atoms with Crippen LogP contribution in [-0.2, 0) is 7.05 Å². The fourth-order valence-corrected chi connectivity index (χ4v) is 1.44. The van der Waals surface area contributed by atoms with Crippen LogP contribution < -0.4 is 5.56 Å². The van der Waals surface area contributed by atoms with E-state index in [4.69, 9.17) is 0 Å². The molecule has 2 rings (SSSR count). The minimum absolute atomic E-state index is 0.138. The summed E-state index contributed by atoms with van der Waals surface area (Å²) in [7, 11) is 1.85. The molecule has 0 spiro atoms. The van der Waals surface area contributed by atoms with Gasteiger partial charge in [-0.3, -0.25) is 9.48 Å². The molecule has 0 radical (unpaired) electrons. The van der Waals surface area contributed by atoms with Gasteiger partial charge in [0.25, 0.3) is 5.56 Å². The number of H-pyrrole nitrogens is 1. The van der Waals surface area contributed by atoms with Crippen molar-refractivity contribution in [2.24, 2.45) is 7.05 Å². The number of aromatic nitrogens is 4. The van der Waals surface area contributed by atoms with Gasteiger partial charge in [-0.2, -0.15) is 5.10 Å². The number of rotatable bonds is 1. The maximum Gasteiger partial charge on any atom is 0.251 e. The third kappa shape index (κ3) is 1.68. The summed E-state index contributed by atoms with van der Waals surface area (Å²) in [6.45, 7) is 3.73. The molecule has 0 aliphatic carbocycles. The molecule has 5 nitrogen and oxygen atoms in total. The summed E-state index contributed by atoms with van der Waals surface area (Å²) < 4.78 is 1.75. The van der Waals surface area contributed by atoms with E-state index in [0.29, 0.717) is 11.5 Å². The number of nitrogens with zero attached hydrogens (tertiary/aromatic N) is 3.